The topological polar surface area (TPSA) is 37.5 Å². The van der Waals surface area contributed by atoms with Gasteiger partial charge in [-0.3, -0.25) is 0 Å². The molecule has 0 saturated heterocycles. The summed E-state index contributed by atoms with van der Waals surface area (Å²) in [6.07, 6.45) is 0. The Morgan fingerprint density at radius 2 is 1.33 bits per heavy atom. The van der Waals surface area contributed by atoms with Gasteiger partial charge in [-0.15, -0.1) is 0 Å². The minimum atomic E-state index is 0.201. The van der Waals surface area contributed by atoms with Crippen molar-refractivity contribution in [2.24, 2.45) is 12.0 Å². The fraction of sp³-hybridized carbons (Fsp3) is 0.0417. The highest BCUT2D eigenvalue weighted by Crippen LogP contribution is 2.32. The molecule has 3 heteroatoms. The third-order valence-corrected chi connectivity index (χ3v) is 4.57. The number of benzene rings is 3. The number of hydrogen-bond acceptors (Lipinski definition) is 2. The van der Waals surface area contributed by atoms with E-state index in [1.807, 2.05) is 104 Å². The second-order valence-electron chi connectivity index (χ2n) is 6.35. The monoisotopic (exact) mass is 352 g/mol. The second-order valence-corrected chi connectivity index (χ2v) is 6.35. The summed E-state index contributed by atoms with van der Waals surface area (Å²) in [5.41, 5.74) is 5.26. The van der Waals surface area contributed by atoms with Crippen molar-refractivity contribution in [2.45, 2.75) is 0 Å². The lowest BCUT2D eigenvalue weighted by molar-refractivity contribution is 0.432. The van der Waals surface area contributed by atoms with E-state index < -0.39 is 0 Å². The minimum absolute atomic E-state index is 0.201. The van der Waals surface area contributed by atoms with E-state index in [4.69, 9.17) is 4.99 Å². The van der Waals surface area contributed by atoms with Crippen LogP contribution in [0.15, 0.2) is 102 Å². The summed E-state index contributed by atoms with van der Waals surface area (Å²) in [5.74, 6) is 0.201. The molecule has 27 heavy (non-hydrogen) atoms. The molecular formula is C24H20N2O. The van der Waals surface area contributed by atoms with Crippen LogP contribution in [0.5, 0.6) is 5.88 Å². The van der Waals surface area contributed by atoms with Gasteiger partial charge >= 0.3 is 0 Å². The quantitative estimate of drug-likeness (QED) is 0.479. The highest BCUT2D eigenvalue weighted by molar-refractivity contribution is 6.15. The van der Waals surface area contributed by atoms with E-state index in [-0.39, 0.29) is 5.88 Å². The molecular weight excluding hydrogens is 332 g/mol. The Labute approximate surface area is 158 Å². The van der Waals surface area contributed by atoms with Crippen LogP contribution in [0.25, 0.3) is 11.3 Å². The molecule has 0 bridgehead atoms. The Balaban J connectivity index is 1.90. The van der Waals surface area contributed by atoms with Gasteiger partial charge in [-0.2, -0.15) is 0 Å². The Morgan fingerprint density at radius 1 is 0.778 bits per heavy atom. The van der Waals surface area contributed by atoms with Gasteiger partial charge in [0, 0.05) is 12.6 Å². The molecule has 4 aromatic rings. The largest absolute Gasteiger partial charge is 0.494 e. The molecule has 1 heterocycles. The maximum absolute atomic E-state index is 10.9. The van der Waals surface area contributed by atoms with Gasteiger partial charge in [-0.1, -0.05) is 78.9 Å². The van der Waals surface area contributed by atoms with Gasteiger partial charge in [0.2, 0.25) is 5.88 Å². The minimum Gasteiger partial charge on any atom is -0.494 e. The van der Waals surface area contributed by atoms with Crippen LogP contribution in [0.4, 0.5) is 5.69 Å². The first-order valence-electron chi connectivity index (χ1n) is 8.87. The molecule has 3 aromatic carbocycles. The predicted molar refractivity (Wildman–Crippen MR) is 111 cm³/mol. The second kappa shape index (κ2) is 7.34. The summed E-state index contributed by atoms with van der Waals surface area (Å²) in [4.78, 5) is 4.85. The molecule has 0 amide bonds. The summed E-state index contributed by atoms with van der Waals surface area (Å²) in [6, 6.07) is 31.8. The molecule has 4 rings (SSSR count). The fourth-order valence-corrected chi connectivity index (χ4v) is 3.16. The van der Waals surface area contributed by atoms with E-state index in [1.54, 1.807) is 4.57 Å². The van der Waals surface area contributed by atoms with Gasteiger partial charge in [0.05, 0.1) is 22.7 Å². The molecule has 0 aliphatic rings. The fourth-order valence-electron chi connectivity index (χ4n) is 3.16. The molecule has 1 N–H and O–H groups in total. The molecule has 3 nitrogen and oxygen atoms in total. The highest BCUT2D eigenvalue weighted by Gasteiger charge is 2.19. The zero-order valence-corrected chi connectivity index (χ0v) is 15.1. The van der Waals surface area contributed by atoms with Gasteiger partial charge in [0.1, 0.15) is 0 Å². The smallest absolute Gasteiger partial charge is 0.200 e. The van der Waals surface area contributed by atoms with Crippen LogP contribution in [-0.2, 0) is 7.05 Å². The number of para-hydroxylation sites is 1. The van der Waals surface area contributed by atoms with Crippen LogP contribution in [-0.4, -0.2) is 15.4 Å². The van der Waals surface area contributed by atoms with Crippen molar-refractivity contribution >= 4 is 11.4 Å². The van der Waals surface area contributed by atoms with Gasteiger partial charge in [-0.25, -0.2) is 4.99 Å². The van der Waals surface area contributed by atoms with Crippen molar-refractivity contribution in [1.82, 2.24) is 4.57 Å². The van der Waals surface area contributed by atoms with Crippen molar-refractivity contribution in [2.75, 3.05) is 0 Å². The first kappa shape index (κ1) is 16.9. The molecule has 0 aliphatic carbocycles. The first-order valence-corrected chi connectivity index (χ1v) is 8.87. The van der Waals surface area contributed by atoms with E-state index in [1.165, 1.54) is 0 Å². The third-order valence-electron chi connectivity index (χ3n) is 4.57. The standard InChI is InChI=1S/C24H20N2O/c1-26-22(18-11-5-2-6-12-18)17-21(24(26)27)23(19-13-7-3-8-14-19)25-20-15-9-4-10-16-20/h2-17,27H,1H3. The average molecular weight is 352 g/mol. The predicted octanol–water partition coefficient (Wildman–Crippen LogP) is 5.57. The maximum atomic E-state index is 10.9. The van der Waals surface area contributed by atoms with E-state index in [0.29, 0.717) is 5.56 Å². The third kappa shape index (κ3) is 3.40. The number of aromatic hydroxyl groups is 1. The Morgan fingerprint density at radius 3 is 1.96 bits per heavy atom. The number of hydrogen-bond donors (Lipinski definition) is 1. The van der Waals surface area contributed by atoms with Crippen LogP contribution in [0.2, 0.25) is 0 Å². The van der Waals surface area contributed by atoms with E-state index in [0.717, 1.165) is 28.2 Å². The Bertz CT molecular complexity index is 1070. The number of aliphatic imine (C=N–C) groups is 1. The van der Waals surface area contributed by atoms with E-state index >= 15 is 0 Å². The lowest BCUT2D eigenvalue weighted by Crippen LogP contribution is -2.02. The lowest BCUT2D eigenvalue weighted by atomic mass is 10.0. The van der Waals surface area contributed by atoms with Gasteiger partial charge in [0.15, 0.2) is 0 Å². The lowest BCUT2D eigenvalue weighted by Gasteiger charge is -2.07. The average Bonchev–Trinajstić information content (AvgIpc) is 3.03. The zero-order valence-electron chi connectivity index (χ0n) is 15.1. The van der Waals surface area contributed by atoms with Crippen LogP contribution in [0.1, 0.15) is 11.1 Å². The van der Waals surface area contributed by atoms with Crippen LogP contribution >= 0.6 is 0 Å². The van der Waals surface area contributed by atoms with Crippen molar-refractivity contribution in [3.63, 3.8) is 0 Å². The van der Waals surface area contributed by atoms with Crippen LogP contribution in [0.3, 0.4) is 0 Å². The first-order chi connectivity index (χ1) is 13.2. The molecule has 0 atom stereocenters. The SMILES string of the molecule is Cn1c(-c2ccccc2)cc(C(=Nc2ccccc2)c2ccccc2)c1O. The van der Waals surface area contributed by atoms with Gasteiger partial charge in [-0.05, 0) is 23.8 Å². The molecule has 0 fully saturated rings. The summed E-state index contributed by atoms with van der Waals surface area (Å²) < 4.78 is 1.80. The maximum Gasteiger partial charge on any atom is 0.200 e. The number of rotatable bonds is 4. The molecule has 0 saturated carbocycles. The summed E-state index contributed by atoms with van der Waals surface area (Å²) >= 11 is 0. The number of aromatic nitrogens is 1. The molecule has 132 valence electrons. The summed E-state index contributed by atoms with van der Waals surface area (Å²) in [7, 11) is 1.87. The normalized spacial score (nSPS) is 11.5. The van der Waals surface area contributed by atoms with E-state index in [9.17, 15) is 5.11 Å². The summed E-state index contributed by atoms with van der Waals surface area (Å²) in [5, 5.41) is 10.9. The van der Waals surface area contributed by atoms with Crippen molar-refractivity contribution in [1.29, 1.82) is 0 Å². The van der Waals surface area contributed by atoms with Crippen LogP contribution in [0, 0.1) is 0 Å². The van der Waals surface area contributed by atoms with Crippen LogP contribution < -0.4 is 0 Å². The number of nitrogens with zero attached hydrogens (tertiary/aromatic N) is 2. The van der Waals surface area contributed by atoms with Crippen molar-refractivity contribution < 1.29 is 5.11 Å². The molecule has 0 aliphatic heterocycles. The zero-order chi connectivity index (χ0) is 18.6. The molecule has 0 spiro atoms. The van der Waals surface area contributed by atoms with Crippen molar-refractivity contribution in [3.8, 4) is 17.1 Å². The van der Waals surface area contributed by atoms with Gasteiger partial charge in [0.25, 0.3) is 0 Å². The Hall–Kier alpha value is -3.59. The molecule has 0 unspecified atom stereocenters. The van der Waals surface area contributed by atoms with E-state index in [2.05, 4.69) is 0 Å². The summed E-state index contributed by atoms with van der Waals surface area (Å²) in [6.45, 7) is 0. The highest BCUT2D eigenvalue weighted by atomic mass is 16.3. The van der Waals surface area contributed by atoms with Crippen molar-refractivity contribution in [3.05, 3.63) is 108 Å². The molecule has 1 aromatic heterocycles. The van der Waals surface area contributed by atoms with Gasteiger partial charge < -0.3 is 9.67 Å². The molecule has 0 radical (unpaired) electrons. The Kier molecular flexibility index (Phi) is 4.58.